The normalized spacial score (nSPS) is 25.2. The minimum absolute atomic E-state index is 0.231. The molecule has 1 fully saturated rings. The Morgan fingerprint density at radius 3 is 2.67 bits per heavy atom. The van der Waals surface area contributed by atoms with Gasteiger partial charge in [-0.05, 0) is 35.4 Å². The van der Waals surface area contributed by atoms with Gasteiger partial charge in [0.2, 0.25) is 0 Å². The van der Waals surface area contributed by atoms with Gasteiger partial charge in [-0.2, -0.15) is 0 Å². The summed E-state index contributed by atoms with van der Waals surface area (Å²) in [4.78, 5) is 15.5. The number of nitrogens with zero attached hydrogens (tertiary/aromatic N) is 1. The third-order valence-corrected chi connectivity index (χ3v) is 3.53. The molecule has 2 rings (SSSR count). The number of ketones is 1. The van der Waals surface area contributed by atoms with Gasteiger partial charge in [-0.3, -0.25) is 9.78 Å². The summed E-state index contributed by atoms with van der Waals surface area (Å²) in [6.45, 7) is 4.51. The highest BCUT2D eigenvalue weighted by Gasteiger charge is 2.36. The summed E-state index contributed by atoms with van der Waals surface area (Å²) in [6.07, 6.45) is 6.05. The van der Waals surface area contributed by atoms with Gasteiger partial charge in [-0.25, -0.2) is 0 Å². The van der Waals surface area contributed by atoms with Crippen LogP contribution in [0.1, 0.15) is 44.6 Å². The lowest BCUT2D eigenvalue weighted by atomic mass is 9.66. The summed E-state index contributed by atoms with van der Waals surface area (Å²) in [7, 11) is 0. The molecule has 0 saturated heterocycles. The Bertz CT molecular complexity index is 356. The molecular weight excluding hydrogens is 186 g/mol. The minimum Gasteiger partial charge on any atom is -0.300 e. The smallest absolute Gasteiger partial charge is 0.133 e. The van der Waals surface area contributed by atoms with Gasteiger partial charge in [-0.1, -0.05) is 13.8 Å². The number of carbonyl (C=O) groups excluding carboxylic acids is 1. The zero-order valence-electron chi connectivity index (χ0n) is 9.36. The van der Waals surface area contributed by atoms with Crippen molar-refractivity contribution >= 4 is 5.78 Å². The summed E-state index contributed by atoms with van der Waals surface area (Å²) in [6, 6.07) is 4.07. The van der Waals surface area contributed by atoms with Crippen LogP contribution < -0.4 is 0 Å². The van der Waals surface area contributed by atoms with Crippen molar-refractivity contribution < 1.29 is 4.79 Å². The van der Waals surface area contributed by atoms with E-state index in [2.05, 4.69) is 18.8 Å². The van der Waals surface area contributed by atoms with E-state index in [1.54, 1.807) is 0 Å². The van der Waals surface area contributed by atoms with E-state index < -0.39 is 0 Å². The van der Waals surface area contributed by atoms with Gasteiger partial charge in [0.05, 0.1) is 0 Å². The molecule has 0 amide bonds. The highest BCUT2D eigenvalue weighted by molar-refractivity contribution is 5.80. The minimum atomic E-state index is 0.231. The van der Waals surface area contributed by atoms with Crippen LogP contribution in [-0.4, -0.2) is 10.8 Å². The second-order valence-corrected chi connectivity index (χ2v) is 5.06. The van der Waals surface area contributed by atoms with Gasteiger partial charge in [0.15, 0.2) is 0 Å². The molecule has 2 heteroatoms. The number of hydrogen-bond donors (Lipinski definition) is 0. The monoisotopic (exact) mass is 203 g/mol. The average molecular weight is 203 g/mol. The van der Waals surface area contributed by atoms with Gasteiger partial charge in [0, 0.05) is 25.2 Å². The van der Waals surface area contributed by atoms with Gasteiger partial charge >= 0.3 is 0 Å². The highest BCUT2D eigenvalue weighted by Crippen LogP contribution is 2.45. The first-order valence-electron chi connectivity index (χ1n) is 5.51. The molecule has 1 unspecified atom stereocenters. The molecule has 1 aliphatic carbocycles. The number of carbonyl (C=O) groups is 1. The summed E-state index contributed by atoms with van der Waals surface area (Å²) in [5.74, 6) is 0.762. The lowest BCUT2D eigenvalue weighted by molar-refractivity contribution is -0.122. The van der Waals surface area contributed by atoms with Gasteiger partial charge < -0.3 is 0 Å². The molecular formula is C13H17NO. The number of pyridine rings is 1. The van der Waals surface area contributed by atoms with Crippen LogP contribution in [0.5, 0.6) is 0 Å². The Balaban J connectivity index is 2.29. The molecule has 1 saturated carbocycles. The van der Waals surface area contributed by atoms with Crippen molar-refractivity contribution in [1.82, 2.24) is 4.98 Å². The number of Topliss-reactive ketones (excluding diaryl/α,β-unsaturated/α-hetero) is 1. The van der Waals surface area contributed by atoms with E-state index in [1.165, 1.54) is 5.56 Å². The molecule has 0 N–H and O–H groups in total. The number of rotatable bonds is 1. The van der Waals surface area contributed by atoms with Crippen molar-refractivity contribution in [3.05, 3.63) is 30.1 Å². The molecule has 1 aromatic heterocycles. The molecule has 0 aromatic carbocycles. The second kappa shape index (κ2) is 3.76. The largest absolute Gasteiger partial charge is 0.300 e. The standard InChI is InChI=1S/C13H17NO/c1-13(2)6-3-11(15)9-12(13)10-4-7-14-8-5-10/h4-5,7-8,12H,3,6,9H2,1-2H3. The molecule has 0 radical (unpaired) electrons. The van der Waals surface area contributed by atoms with Crippen LogP contribution in [0, 0.1) is 5.41 Å². The maximum atomic E-state index is 11.5. The molecule has 15 heavy (non-hydrogen) atoms. The Hall–Kier alpha value is -1.18. The first kappa shape index (κ1) is 10.3. The summed E-state index contributed by atoms with van der Waals surface area (Å²) in [5.41, 5.74) is 1.48. The van der Waals surface area contributed by atoms with Crippen molar-refractivity contribution in [3.8, 4) is 0 Å². The first-order chi connectivity index (χ1) is 7.09. The lowest BCUT2D eigenvalue weighted by Crippen LogP contribution is -2.30. The molecule has 0 spiro atoms. The lowest BCUT2D eigenvalue weighted by Gasteiger charge is -2.38. The van der Waals surface area contributed by atoms with Gasteiger partial charge in [0.25, 0.3) is 0 Å². The summed E-state index contributed by atoms with van der Waals surface area (Å²) >= 11 is 0. The van der Waals surface area contributed by atoms with Crippen molar-refractivity contribution in [2.24, 2.45) is 5.41 Å². The average Bonchev–Trinajstić information content (AvgIpc) is 2.23. The molecule has 80 valence electrons. The van der Waals surface area contributed by atoms with Gasteiger partial charge in [0.1, 0.15) is 5.78 Å². The van der Waals surface area contributed by atoms with E-state index in [9.17, 15) is 4.79 Å². The Morgan fingerprint density at radius 2 is 2.00 bits per heavy atom. The molecule has 0 aliphatic heterocycles. The van der Waals surface area contributed by atoms with Crippen molar-refractivity contribution in [2.45, 2.75) is 39.0 Å². The van der Waals surface area contributed by atoms with E-state index in [4.69, 9.17) is 0 Å². The predicted octanol–water partition coefficient (Wildman–Crippen LogP) is 2.94. The predicted molar refractivity (Wildman–Crippen MR) is 59.6 cm³/mol. The van der Waals surface area contributed by atoms with E-state index in [0.29, 0.717) is 18.1 Å². The summed E-state index contributed by atoms with van der Waals surface area (Å²) < 4.78 is 0. The van der Waals surface area contributed by atoms with Crippen molar-refractivity contribution in [1.29, 1.82) is 0 Å². The Morgan fingerprint density at radius 1 is 1.33 bits per heavy atom. The molecule has 2 nitrogen and oxygen atoms in total. The second-order valence-electron chi connectivity index (χ2n) is 5.06. The van der Waals surface area contributed by atoms with E-state index in [1.807, 2.05) is 24.5 Å². The number of aromatic nitrogens is 1. The zero-order chi connectivity index (χ0) is 10.9. The third-order valence-electron chi connectivity index (χ3n) is 3.53. The van der Waals surface area contributed by atoms with Crippen LogP contribution in [-0.2, 0) is 4.79 Å². The topological polar surface area (TPSA) is 30.0 Å². The molecule has 1 atom stereocenters. The SMILES string of the molecule is CC1(C)CCC(=O)CC1c1ccncc1. The first-order valence-corrected chi connectivity index (χ1v) is 5.51. The van der Waals surface area contributed by atoms with Crippen LogP contribution in [0.3, 0.4) is 0 Å². The van der Waals surface area contributed by atoms with Gasteiger partial charge in [-0.15, -0.1) is 0 Å². The van der Waals surface area contributed by atoms with Crippen LogP contribution in [0.25, 0.3) is 0 Å². The zero-order valence-corrected chi connectivity index (χ0v) is 9.36. The van der Waals surface area contributed by atoms with Crippen LogP contribution in [0.15, 0.2) is 24.5 Å². The Labute approximate surface area is 90.7 Å². The summed E-state index contributed by atoms with van der Waals surface area (Å²) in [5, 5.41) is 0. The maximum absolute atomic E-state index is 11.5. The molecule has 1 aliphatic rings. The van der Waals surface area contributed by atoms with Crippen LogP contribution in [0.4, 0.5) is 0 Å². The molecule has 0 bridgehead atoms. The fourth-order valence-corrected chi connectivity index (χ4v) is 2.41. The molecule has 1 heterocycles. The molecule has 1 aromatic rings. The fraction of sp³-hybridized carbons (Fsp3) is 0.538. The maximum Gasteiger partial charge on any atom is 0.133 e. The quantitative estimate of drug-likeness (QED) is 0.702. The van der Waals surface area contributed by atoms with E-state index >= 15 is 0 Å². The van der Waals surface area contributed by atoms with Crippen LogP contribution in [0.2, 0.25) is 0 Å². The fourth-order valence-electron chi connectivity index (χ4n) is 2.41. The van der Waals surface area contributed by atoms with E-state index in [0.717, 1.165) is 12.8 Å². The number of hydrogen-bond acceptors (Lipinski definition) is 2. The van der Waals surface area contributed by atoms with Crippen LogP contribution >= 0.6 is 0 Å². The van der Waals surface area contributed by atoms with Crippen molar-refractivity contribution in [2.75, 3.05) is 0 Å². The van der Waals surface area contributed by atoms with Crippen molar-refractivity contribution in [3.63, 3.8) is 0 Å². The van der Waals surface area contributed by atoms with E-state index in [-0.39, 0.29) is 5.41 Å². The highest BCUT2D eigenvalue weighted by atomic mass is 16.1. The third kappa shape index (κ3) is 2.09. The Kier molecular flexibility index (Phi) is 2.59.